The molecule has 2 aliphatic carbocycles. The highest BCUT2D eigenvalue weighted by Crippen LogP contribution is 2.63. The van der Waals surface area contributed by atoms with Crippen LogP contribution < -0.4 is 9.47 Å². The monoisotopic (exact) mass is 916 g/mol. The van der Waals surface area contributed by atoms with E-state index in [1.54, 1.807) is 30.0 Å². The van der Waals surface area contributed by atoms with Crippen LogP contribution in [0.2, 0.25) is 0 Å². The summed E-state index contributed by atoms with van der Waals surface area (Å²) in [6.45, 7) is 4.68. The van der Waals surface area contributed by atoms with Crippen LogP contribution in [-0.2, 0) is 16.2 Å². The number of unbranched alkanes of at least 4 members (excludes halogenated alkanes) is 2. The average molecular weight is 917 g/mol. The van der Waals surface area contributed by atoms with Gasteiger partial charge in [-0.1, -0.05) is 103 Å². The topological polar surface area (TPSA) is 133 Å². The molecule has 0 saturated heterocycles. The minimum Gasteiger partial charge on any atom is -0.460 e. The third-order valence-corrected chi connectivity index (χ3v) is 14.7. The summed E-state index contributed by atoms with van der Waals surface area (Å²) in [6.07, 6.45) is 9.36. The standard InChI is InChI=1S/C56H56N2O8S/c1-2-32-63-56-53(67-47-28-22-40-14-6-7-15-42(40)33-47)36-51(57-64-37-38-18-23-44(24-19-38)58(61)62)49-34-43(16-8-10-30-59)48(17-9-11-31-60)54(55(49)56)50-35-46(27-29-52(50)66-56)65-45-25-20-41(21-26-45)39-12-4-3-5-13-39/h2-7,12-15,18-29,33-35,43,48,53-55,59-60H,1,8-11,16-17,30-32,36-37H2/t43-,48+,53-,54+,55+,56+/m0/s1. The largest absolute Gasteiger partial charge is 0.460 e. The molecule has 0 radical (unpaired) electrons. The van der Waals surface area contributed by atoms with Crippen molar-refractivity contribution in [1.29, 1.82) is 0 Å². The lowest BCUT2D eigenvalue weighted by Gasteiger charge is -2.58. The molecule has 0 amide bonds. The zero-order valence-electron chi connectivity index (χ0n) is 37.5. The number of oxime groups is 1. The van der Waals surface area contributed by atoms with Crippen molar-refractivity contribution in [1.82, 2.24) is 0 Å². The normalized spacial score (nSPS) is 22.3. The third kappa shape index (κ3) is 10.1. The summed E-state index contributed by atoms with van der Waals surface area (Å²) in [5.74, 6) is 0.705. The van der Waals surface area contributed by atoms with Crippen molar-refractivity contribution < 1.29 is 34.2 Å². The van der Waals surface area contributed by atoms with E-state index in [1.807, 2.05) is 48.5 Å². The van der Waals surface area contributed by atoms with Crippen molar-refractivity contribution in [2.24, 2.45) is 22.9 Å². The van der Waals surface area contributed by atoms with Crippen LogP contribution in [0.3, 0.4) is 0 Å². The Hall–Kier alpha value is -6.24. The Morgan fingerprint density at radius 2 is 1.52 bits per heavy atom. The Labute approximate surface area is 396 Å². The zero-order valence-corrected chi connectivity index (χ0v) is 38.3. The maximum absolute atomic E-state index is 11.4. The number of aliphatic hydroxyl groups is 2. The molecule has 6 aromatic carbocycles. The molecule has 1 aliphatic heterocycles. The number of ether oxygens (including phenoxy) is 3. The van der Waals surface area contributed by atoms with E-state index in [9.17, 15) is 20.3 Å². The van der Waals surface area contributed by atoms with E-state index < -0.39 is 10.7 Å². The molecule has 6 atom stereocenters. The second kappa shape index (κ2) is 21.2. The van der Waals surface area contributed by atoms with Crippen LogP contribution in [0.5, 0.6) is 17.2 Å². The third-order valence-electron chi connectivity index (χ3n) is 13.4. The molecule has 9 rings (SSSR count). The minimum absolute atomic E-state index is 0.0121. The molecule has 3 aliphatic rings. The van der Waals surface area contributed by atoms with Crippen LogP contribution in [0, 0.1) is 27.9 Å². The van der Waals surface area contributed by atoms with Crippen LogP contribution >= 0.6 is 11.8 Å². The van der Waals surface area contributed by atoms with Crippen LogP contribution in [0.25, 0.3) is 21.9 Å². The lowest BCUT2D eigenvalue weighted by atomic mass is 9.56. The van der Waals surface area contributed by atoms with Crippen LogP contribution in [0.15, 0.2) is 174 Å². The smallest absolute Gasteiger partial charge is 0.269 e. The van der Waals surface area contributed by atoms with Gasteiger partial charge in [0, 0.05) is 48.1 Å². The highest BCUT2D eigenvalue weighted by atomic mass is 32.2. The Kier molecular flexibility index (Phi) is 14.5. The quantitative estimate of drug-likeness (QED) is 0.0332. The zero-order chi connectivity index (χ0) is 46.2. The summed E-state index contributed by atoms with van der Waals surface area (Å²) >= 11 is 1.71. The Balaban J connectivity index is 1.17. The predicted molar refractivity (Wildman–Crippen MR) is 265 cm³/mol. The van der Waals surface area contributed by atoms with Gasteiger partial charge in [0.15, 0.2) is 0 Å². The fourth-order valence-electron chi connectivity index (χ4n) is 10.3. The van der Waals surface area contributed by atoms with Gasteiger partial charge < -0.3 is 29.3 Å². The molecule has 6 aromatic rings. The first-order valence-electron chi connectivity index (χ1n) is 23.3. The van der Waals surface area contributed by atoms with Gasteiger partial charge in [0.05, 0.1) is 28.4 Å². The van der Waals surface area contributed by atoms with Gasteiger partial charge in [-0.2, -0.15) is 0 Å². The van der Waals surface area contributed by atoms with Crippen molar-refractivity contribution in [2.45, 2.75) is 73.4 Å². The van der Waals surface area contributed by atoms with E-state index in [4.69, 9.17) is 24.2 Å². The fourth-order valence-corrected chi connectivity index (χ4v) is 11.6. The number of hydrogen-bond acceptors (Lipinski definition) is 10. The molecule has 2 N–H and O–H groups in total. The number of allylic oxidation sites excluding steroid dienone is 1. The second-order valence-electron chi connectivity index (χ2n) is 17.6. The summed E-state index contributed by atoms with van der Waals surface area (Å²) < 4.78 is 21.3. The number of nitro benzene ring substituents is 1. The number of non-ortho nitro benzene ring substituents is 1. The van der Waals surface area contributed by atoms with Crippen molar-refractivity contribution in [3.63, 3.8) is 0 Å². The molecule has 0 spiro atoms. The van der Waals surface area contributed by atoms with E-state index in [1.165, 1.54) is 12.1 Å². The molecular formula is C56H56N2O8S. The van der Waals surface area contributed by atoms with Crippen molar-refractivity contribution in [3.8, 4) is 28.4 Å². The Morgan fingerprint density at radius 3 is 2.27 bits per heavy atom. The summed E-state index contributed by atoms with van der Waals surface area (Å²) in [5.41, 5.74) is 5.84. The Bertz CT molecular complexity index is 2720. The maximum atomic E-state index is 11.4. The summed E-state index contributed by atoms with van der Waals surface area (Å²) in [7, 11) is 0. The molecule has 1 heterocycles. The molecule has 0 bridgehead atoms. The molecular weight excluding hydrogens is 861 g/mol. The molecule has 67 heavy (non-hydrogen) atoms. The highest BCUT2D eigenvalue weighted by Gasteiger charge is 2.64. The molecule has 10 nitrogen and oxygen atoms in total. The number of benzene rings is 6. The van der Waals surface area contributed by atoms with E-state index >= 15 is 0 Å². The average Bonchev–Trinajstić information content (AvgIpc) is 3.36. The Morgan fingerprint density at radius 1 is 0.806 bits per heavy atom. The first-order chi connectivity index (χ1) is 32.9. The minimum atomic E-state index is -1.17. The van der Waals surface area contributed by atoms with E-state index in [0.29, 0.717) is 25.0 Å². The second-order valence-corrected chi connectivity index (χ2v) is 18.8. The van der Waals surface area contributed by atoms with Crippen LogP contribution in [-0.4, -0.2) is 51.7 Å². The van der Waals surface area contributed by atoms with Gasteiger partial charge in [-0.15, -0.1) is 18.3 Å². The van der Waals surface area contributed by atoms with Crippen LogP contribution in [0.4, 0.5) is 5.69 Å². The van der Waals surface area contributed by atoms with Gasteiger partial charge in [0.2, 0.25) is 5.79 Å². The summed E-state index contributed by atoms with van der Waals surface area (Å²) in [4.78, 5) is 18.3. The number of nitrogens with zero attached hydrogens (tertiary/aromatic N) is 2. The maximum Gasteiger partial charge on any atom is 0.269 e. The number of hydrogen-bond donors (Lipinski definition) is 2. The molecule has 1 saturated carbocycles. The fraction of sp³-hybridized carbons (Fsp3) is 0.304. The highest BCUT2D eigenvalue weighted by molar-refractivity contribution is 8.00. The number of nitro groups is 1. The van der Waals surface area contributed by atoms with E-state index in [-0.39, 0.29) is 61.0 Å². The van der Waals surface area contributed by atoms with Gasteiger partial charge in [-0.25, -0.2) is 0 Å². The molecule has 0 aromatic heterocycles. The predicted octanol–water partition coefficient (Wildman–Crippen LogP) is 12.8. The molecule has 11 heteroatoms. The van der Waals surface area contributed by atoms with Gasteiger partial charge >= 0.3 is 0 Å². The van der Waals surface area contributed by atoms with Gasteiger partial charge in [-0.3, -0.25) is 10.1 Å². The molecule has 344 valence electrons. The molecule has 1 fully saturated rings. The summed E-state index contributed by atoms with van der Waals surface area (Å²) in [6, 6.07) is 45.7. The number of thioether (sulfide) groups is 1. The lowest BCUT2D eigenvalue weighted by Crippen LogP contribution is -2.64. The summed E-state index contributed by atoms with van der Waals surface area (Å²) in [5, 5.41) is 38.3. The molecule has 0 unspecified atom stereocenters. The van der Waals surface area contributed by atoms with Crippen molar-refractivity contribution in [2.75, 3.05) is 19.8 Å². The van der Waals surface area contributed by atoms with Gasteiger partial charge in [0.1, 0.15) is 23.9 Å². The lowest BCUT2D eigenvalue weighted by molar-refractivity contribution is -0.384. The van der Waals surface area contributed by atoms with E-state index in [2.05, 4.69) is 79.4 Å². The first kappa shape index (κ1) is 45.9. The van der Waals surface area contributed by atoms with Gasteiger partial charge in [0.25, 0.3) is 5.69 Å². The number of rotatable bonds is 20. The first-order valence-corrected chi connectivity index (χ1v) is 24.2. The number of aliphatic hydroxyl groups excluding tert-OH is 2. The van der Waals surface area contributed by atoms with Gasteiger partial charge in [-0.05, 0) is 125 Å². The van der Waals surface area contributed by atoms with Crippen molar-refractivity contribution >= 4 is 33.9 Å². The van der Waals surface area contributed by atoms with Crippen molar-refractivity contribution in [3.05, 3.63) is 185 Å². The number of fused-ring (bicyclic) bond motifs is 3. The SMILES string of the molecule is C=CCO[C@@]12Oc3ccc(Oc4ccc(-c5ccccc5)cc4)cc3[C@H]3[C@H](CCCCO)[C@@H](CCCCO)C=C(C(=NOCc4ccc([N+](=O)[O-])cc4)C[C@@H]1Sc1ccc4ccccc4c1)[C@H]32. The van der Waals surface area contributed by atoms with Crippen LogP contribution in [0.1, 0.15) is 62.0 Å². The van der Waals surface area contributed by atoms with E-state index in [0.717, 1.165) is 86.4 Å².